The van der Waals surface area contributed by atoms with Crippen LogP contribution in [0.3, 0.4) is 0 Å². The Morgan fingerprint density at radius 3 is 2.45 bits per heavy atom. The van der Waals surface area contributed by atoms with Crippen molar-refractivity contribution in [3.63, 3.8) is 0 Å². The number of nitrogens with two attached hydrogens (primary N) is 1. The average Bonchev–Trinajstić information content (AvgIpc) is 3.05. The van der Waals surface area contributed by atoms with E-state index in [1.807, 2.05) is 32.3 Å². The number of rotatable bonds is 5. The number of anilines is 1. The molecule has 3 aromatic carbocycles. The molecule has 0 aliphatic rings. The van der Waals surface area contributed by atoms with Crippen molar-refractivity contribution in [3.05, 3.63) is 94.5 Å². The largest absolute Gasteiger partial charge is 0.508 e. The summed E-state index contributed by atoms with van der Waals surface area (Å²) in [6.45, 7) is 0. The first kappa shape index (κ1) is 18.8. The number of aromatic nitrogens is 1. The van der Waals surface area contributed by atoms with Gasteiger partial charge in [-0.2, -0.15) is 4.68 Å². The van der Waals surface area contributed by atoms with E-state index in [0.29, 0.717) is 0 Å². The van der Waals surface area contributed by atoms with Crippen molar-refractivity contribution in [1.29, 1.82) is 0 Å². The van der Waals surface area contributed by atoms with Gasteiger partial charge >= 0.3 is 0 Å². The summed E-state index contributed by atoms with van der Waals surface area (Å²) in [6.07, 6.45) is 5.30. The fourth-order valence-corrected chi connectivity index (χ4v) is 3.73. The van der Waals surface area contributed by atoms with Gasteiger partial charge in [-0.15, -0.1) is 0 Å². The van der Waals surface area contributed by atoms with E-state index in [4.69, 9.17) is 0 Å². The standard InChI is InChI=1S/C25H25N3O/c1-26-20-11-8-19(9-12-20)16-22-23-17-21(29)13-15-25(23)28(27-2)24(22)14-10-18-6-4-3-5-7-18/h3-9,11-17,26-27,29H,10H2,1-2H3/p+1/b22-16-,24-14-. The van der Waals surface area contributed by atoms with Gasteiger partial charge in [0, 0.05) is 23.3 Å². The van der Waals surface area contributed by atoms with Crippen LogP contribution in [0.2, 0.25) is 0 Å². The number of aromatic hydroxyl groups is 1. The third-order valence-electron chi connectivity index (χ3n) is 5.21. The number of hydrogen-bond donors (Lipinski definition) is 3. The van der Waals surface area contributed by atoms with Gasteiger partial charge in [0.25, 0.3) is 0 Å². The SMILES string of the molecule is CNc1ccc(/C=c2\c(=C\Cc3ccccc3)n([NH2+]C)c3ccc(O)cc23)cc1. The Bertz CT molecular complexity index is 1240. The molecule has 1 aromatic heterocycles. The van der Waals surface area contributed by atoms with E-state index in [1.165, 1.54) is 5.56 Å². The second kappa shape index (κ2) is 8.25. The molecule has 4 nitrogen and oxygen atoms in total. The zero-order valence-electron chi connectivity index (χ0n) is 16.8. The van der Waals surface area contributed by atoms with Crippen LogP contribution >= 0.6 is 0 Å². The monoisotopic (exact) mass is 384 g/mol. The number of benzene rings is 3. The summed E-state index contributed by atoms with van der Waals surface area (Å²) in [4.78, 5) is 0. The topological polar surface area (TPSA) is 53.8 Å². The molecular formula is C25H26N3O+. The molecule has 0 atom stereocenters. The van der Waals surface area contributed by atoms with Gasteiger partial charge in [0.15, 0.2) is 0 Å². The Hall–Kier alpha value is -3.50. The zero-order valence-corrected chi connectivity index (χ0v) is 16.8. The Kier molecular flexibility index (Phi) is 5.36. The van der Waals surface area contributed by atoms with Gasteiger partial charge in [0.1, 0.15) is 11.3 Å². The number of nitrogens with one attached hydrogen (secondary N) is 1. The van der Waals surface area contributed by atoms with Gasteiger partial charge in [0.05, 0.1) is 12.4 Å². The maximum atomic E-state index is 10.1. The van der Waals surface area contributed by atoms with Crippen molar-refractivity contribution in [2.75, 3.05) is 19.4 Å². The molecule has 4 N–H and O–H groups in total. The Labute approximate surface area is 170 Å². The molecule has 4 rings (SSSR count). The van der Waals surface area contributed by atoms with E-state index >= 15 is 0 Å². The highest BCUT2D eigenvalue weighted by atomic mass is 16.3. The lowest BCUT2D eigenvalue weighted by molar-refractivity contribution is -0.682. The van der Waals surface area contributed by atoms with E-state index in [1.54, 1.807) is 6.07 Å². The molecule has 0 saturated heterocycles. The average molecular weight is 385 g/mol. The molecule has 0 bridgehead atoms. The summed E-state index contributed by atoms with van der Waals surface area (Å²) in [5.41, 5.74) is 6.64. The number of phenolic OH excluding ortho intramolecular Hbond substituents is 1. The predicted octanol–water partition coefficient (Wildman–Crippen LogP) is 2.20. The first-order valence-electron chi connectivity index (χ1n) is 9.85. The lowest BCUT2D eigenvalue weighted by Crippen LogP contribution is -2.86. The summed E-state index contributed by atoms with van der Waals surface area (Å²) >= 11 is 0. The van der Waals surface area contributed by atoms with Crippen molar-refractivity contribution >= 4 is 28.7 Å². The number of quaternary nitrogens is 1. The highest BCUT2D eigenvalue weighted by Crippen LogP contribution is 2.16. The Balaban J connectivity index is 1.97. The van der Waals surface area contributed by atoms with E-state index in [-0.39, 0.29) is 5.75 Å². The van der Waals surface area contributed by atoms with Crippen molar-refractivity contribution in [1.82, 2.24) is 4.68 Å². The molecule has 0 aliphatic heterocycles. The van der Waals surface area contributed by atoms with Gasteiger partial charge < -0.3 is 10.4 Å². The van der Waals surface area contributed by atoms with E-state index < -0.39 is 0 Å². The van der Waals surface area contributed by atoms with Crippen molar-refractivity contribution < 1.29 is 10.5 Å². The second-order valence-electron chi connectivity index (χ2n) is 7.04. The van der Waals surface area contributed by atoms with Crippen molar-refractivity contribution in [2.45, 2.75) is 6.42 Å². The molecule has 0 saturated carbocycles. The van der Waals surface area contributed by atoms with Crippen LogP contribution in [-0.2, 0) is 6.42 Å². The lowest BCUT2D eigenvalue weighted by atomic mass is 10.1. The van der Waals surface area contributed by atoms with Crippen LogP contribution in [0.1, 0.15) is 11.1 Å². The van der Waals surface area contributed by atoms with Crippen LogP contribution < -0.4 is 21.3 Å². The molecule has 4 aromatic rings. The normalized spacial score (nSPS) is 12.6. The van der Waals surface area contributed by atoms with Gasteiger partial charge in [-0.05, 0) is 54.0 Å². The minimum absolute atomic E-state index is 0.278. The molecule has 0 fully saturated rings. The van der Waals surface area contributed by atoms with Gasteiger partial charge in [-0.1, -0.05) is 48.5 Å². The Morgan fingerprint density at radius 2 is 1.76 bits per heavy atom. The summed E-state index contributed by atoms with van der Waals surface area (Å²) < 4.78 is 2.20. The molecule has 1 heterocycles. The number of phenols is 1. The predicted molar refractivity (Wildman–Crippen MR) is 120 cm³/mol. The van der Waals surface area contributed by atoms with E-state index in [9.17, 15) is 5.11 Å². The first-order valence-corrected chi connectivity index (χ1v) is 9.85. The molecule has 4 heteroatoms. The second-order valence-corrected chi connectivity index (χ2v) is 7.04. The molecule has 146 valence electrons. The van der Waals surface area contributed by atoms with Crippen LogP contribution in [0.5, 0.6) is 5.75 Å². The van der Waals surface area contributed by atoms with Crippen molar-refractivity contribution in [2.24, 2.45) is 0 Å². The smallest absolute Gasteiger partial charge is 0.116 e. The maximum absolute atomic E-state index is 10.1. The molecule has 0 radical (unpaired) electrons. The van der Waals surface area contributed by atoms with Crippen LogP contribution in [0.4, 0.5) is 5.69 Å². The zero-order chi connectivity index (χ0) is 20.2. The fourth-order valence-electron chi connectivity index (χ4n) is 3.73. The molecular weight excluding hydrogens is 358 g/mol. The quantitative estimate of drug-likeness (QED) is 0.462. The van der Waals surface area contributed by atoms with Crippen LogP contribution in [-0.4, -0.2) is 23.9 Å². The first-order chi connectivity index (χ1) is 14.2. The number of hydrogen-bond acceptors (Lipinski definition) is 2. The number of nitrogens with zero attached hydrogens (tertiary/aromatic N) is 1. The third-order valence-corrected chi connectivity index (χ3v) is 5.21. The summed E-state index contributed by atoms with van der Waals surface area (Å²) in [7, 11) is 3.96. The molecule has 0 aliphatic carbocycles. The van der Waals surface area contributed by atoms with E-state index in [2.05, 4.69) is 76.1 Å². The van der Waals surface area contributed by atoms with Gasteiger partial charge in [-0.3, -0.25) is 0 Å². The van der Waals surface area contributed by atoms with Crippen LogP contribution in [0.25, 0.3) is 23.1 Å². The van der Waals surface area contributed by atoms with E-state index in [0.717, 1.165) is 39.1 Å². The fraction of sp³-hybridized carbons (Fsp3) is 0.120. The minimum atomic E-state index is 0.278. The minimum Gasteiger partial charge on any atom is -0.508 e. The number of fused-ring (bicyclic) bond motifs is 1. The summed E-state index contributed by atoms with van der Waals surface area (Å²) in [5, 5.41) is 16.6. The van der Waals surface area contributed by atoms with Crippen molar-refractivity contribution in [3.8, 4) is 5.75 Å². The lowest BCUT2D eigenvalue weighted by Gasteiger charge is -2.00. The summed E-state index contributed by atoms with van der Waals surface area (Å²) in [5.74, 6) is 0.278. The van der Waals surface area contributed by atoms with Gasteiger partial charge in [0.2, 0.25) is 0 Å². The third kappa shape index (κ3) is 3.89. The highest BCUT2D eigenvalue weighted by Gasteiger charge is 2.10. The van der Waals surface area contributed by atoms with Crippen LogP contribution in [0, 0.1) is 0 Å². The molecule has 0 unspecified atom stereocenters. The molecule has 0 spiro atoms. The maximum Gasteiger partial charge on any atom is 0.116 e. The molecule has 29 heavy (non-hydrogen) atoms. The highest BCUT2D eigenvalue weighted by molar-refractivity contribution is 5.84. The van der Waals surface area contributed by atoms with Gasteiger partial charge in [-0.25, -0.2) is 5.43 Å². The van der Waals surface area contributed by atoms with Crippen LogP contribution in [0.15, 0.2) is 72.8 Å². The molecule has 0 amide bonds. The summed E-state index contributed by atoms with van der Waals surface area (Å²) in [6, 6.07) is 24.4. The Morgan fingerprint density at radius 1 is 1.00 bits per heavy atom.